The number of aromatic nitrogens is 2. The van der Waals surface area contributed by atoms with E-state index in [1.807, 2.05) is 24.3 Å². The van der Waals surface area contributed by atoms with Gasteiger partial charge in [-0.2, -0.15) is 0 Å². The van der Waals surface area contributed by atoms with Crippen LogP contribution in [0.25, 0.3) is 22.0 Å². The van der Waals surface area contributed by atoms with Crippen molar-refractivity contribution in [1.82, 2.24) is 9.97 Å². The van der Waals surface area contributed by atoms with Crippen LogP contribution in [-0.2, 0) is 0 Å². The number of pyridine rings is 2. The van der Waals surface area contributed by atoms with E-state index in [2.05, 4.69) is 16.9 Å². The number of benzene rings is 1. The lowest BCUT2D eigenvalue weighted by Crippen LogP contribution is -2.09. The normalized spacial score (nSPS) is 11.0. The minimum absolute atomic E-state index is 0.143. The highest BCUT2D eigenvalue weighted by atomic mass is 35.5. The molecule has 3 aromatic rings. The SMILES string of the molecule is CCSc1ccc2c[nH]c(=O)c(-c3ccc(Cl)cc3)c2n1. The zero-order valence-corrected chi connectivity index (χ0v) is 13.0. The molecule has 2 aromatic heterocycles. The summed E-state index contributed by atoms with van der Waals surface area (Å²) in [5.74, 6) is 0.942. The maximum absolute atomic E-state index is 12.3. The third-order valence-corrected chi connectivity index (χ3v) is 4.21. The molecule has 1 N–H and O–H groups in total. The molecule has 0 radical (unpaired) electrons. The van der Waals surface area contributed by atoms with E-state index in [0.717, 1.165) is 27.2 Å². The Morgan fingerprint density at radius 1 is 1.19 bits per heavy atom. The zero-order valence-electron chi connectivity index (χ0n) is 11.4. The van der Waals surface area contributed by atoms with Gasteiger partial charge in [-0.1, -0.05) is 30.7 Å². The number of hydrogen-bond acceptors (Lipinski definition) is 3. The van der Waals surface area contributed by atoms with Gasteiger partial charge in [0.15, 0.2) is 0 Å². The summed E-state index contributed by atoms with van der Waals surface area (Å²) in [7, 11) is 0. The molecule has 21 heavy (non-hydrogen) atoms. The molecule has 0 saturated carbocycles. The van der Waals surface area contributed by atoms with Crippen molar-refractivity contribution < 1.29 is 0 Å². The van der Waals surface area contributed by atoms with Crippen molar-refractivity contribution in [1.29, 1.82) is 0 Å². The minimum atomic E-state index is -0.143. The molecular weight excluding hydrogens is 304 g/mol. The summed E-state index contributed by atoms with van der Waals surface area (Å²) >= 11 is 7.58. The number of rotatable bonds is 3. The van der Waals surface area contributed by atoms with Gasteiger partial charge in [0.1, 0.15) is 0 Å². The molecule has 106 valence electrons. The highest BCUT2D eigenvalue weighted by molar-refractivity contribution is 7.99. The molecule has 3 nitrogen and oxygen atoms in total. The lowest BCUT2D eigenvalue weighted by Gasteiger charge is -2.07. The highest BCUT2D eigenvalue weighted by Gasteiger charge is 2.11. The number of thioether (sulfide) groups is 1. The van der Waals surface area contributed by atoms with Crippen LogP contribution in [0.4, 0.5) is 0 Å². The van der Waals surface area contributed by atoms with Gasteiger partial charge in [-0.05, 0) is 35.6 Å². The number of nitrogens with zero attached hydrogens (tertiary/aromatic N) is 1. The van der Waals surface area contributed by atoms with E-state index in [0.29, 0.717) is 10.6 Å². The van der Waals surface area contributed by atoms with Crippen LogP contribution in [0.15, 0.2) is 52.4 Å². The summed E-state index contributed by atoms with van der Waals surface area (Å²) in [6.45, 7) is 2.08. The molecule has 0 spiro atoms. The molecule has 0 aliphatic heterocycles. The van der Waals surface area contributed by atoms with Crippen molar-refractivity contribution in [3.8, 4) is 11.1 Å². The lowest BCUT2D eigenvalue weighted by molar-refractivity contribution is 1.17. The lowest BCUT2D eigenvalue weighted by atomic mass is 10.0. The van der Waals surface area contributed by atoms with E-state index >= 15 is 0 Å². The van der Waals surface area contributed by atoms with E-state index in [1.165, 1.54) is 0 Å². The molecule has 1 aromatic carbocycles. The Morgan fingerprint density at radius 2 is 1.95 bits per heavy atom. The first-order valence-corrected chi connectivity index (χ1v) is 7.96. The maximum atomic E-state index is 12.3. The van der Waals surface area contributed by atoms with Crippen LogP contribution >= 0.6 is 23.4 Å². The summed E-state index contributed by atoms with van der Waals surface area (Å²) in [4.78, 5) is 19.7. The summed E-state index contributed by atoms with van der Waals surface area (Å²) in [6.07, 6.45) is 1.70. The maximum Gasteiger partial charge on any atom is 0.258 e. The largest absolute Gasteiger partial charge is 0.328 e. The van der Waals surface area contributed by atoms with Crippen LogP contribution in [0, 0.1) is 0 Å². The first kappa shape index (κ1) is 14.2. The second-order valence-corrected chi connectivity index (χ2v) is 6.24. The van der Waals surface area contributed by atoms with Crippen molar-refractivity contribution in [2.45, 2.75) is 11.9 Å². The van der Waals surface area contributed by atoms with Crippen molar-refractivity contribution in [2.75, 3.05) is 5.75 Å². The van der Waals surface area contributed by atoms with Gasteiger partial charge in [0, 0.05) is 16.6 Å². The number of hydrogen-bond donors (Lipinski definition) is 1. The fourth-order valence-corrected chi connectivity index (χ4v) is 2.95. The van der Waals surface area contributed by atoms with Gasteiger partial charge in [-0.25, -0.2) is 4.98 Å². The molecule has 0 bridgehead atoms. The van der Waals surface area contributed by atoms with Gasteiger partial charge < -0.3 is 4.98 Å². The van der Waals surface area contributed by atoms with E-state index in [4.69, 9.17) is 11.6 Å². The molecule has 0 aliphatic carbocycles. The first-order chi connectivity index (χ1) is 10.2. The second kappa shape index (κ2) is 5.92. The van der Waals surface area contributed by atoms with Crippen LogP contribution in [0.1, 0.15) is 6.92 Å². The predicted octanol–water partition coefficient (Wildman–Crippen LogP) is 4.36. The monoisotopic (exact) mass is 316 g/mol. The third kappa shape index (κ3) is 2.82. The van der Waals surface area contributed by atoms with Gasteiger partial charge in [0.2, 0.25) is 0 Å². The Balaban J connectivity index is 2.28. The molecule has 0 unspecified atom stereocenters. The first-order valence-electron chi connectivity index (χ1n) is 6.60. The standard InChI is InChI=1S/C16H13ClN2OS/c1-2-21-13-8-5-11-9-18-16(20)14(15(11)19-13)10-3-6-12(17)7-4-10/h3-9H,2H2,1H3,(H,18,20). The predicted molar refractivity (Wildman–Crippen MR) is 89.2 cm³/mol. The molecular formula is C16H13ClN2OS. The molecule has 5 heteroatoms. The van der Waals surface area contributed by atoms with Gasteiger partial charge in [-0.3, -0.25) is 4.79 Å². The van der Waals surface area contributed by atoms with Gasteiger partial charge in [-0.15, -0.1) is 11.8 Å². The average Bonchev–Trinajstić information content (AvgIpc) is 2.49. The number of nitrogens with one attached hydrogen (secondary N) is 1. The smallest absolute Gasteiger partial charge is 0.258 e. The molecule has 0 fully saturated rings. The van der Waals surface area contributed by atoms with Crippen LogP contribution in [0.5, 0.6) is 0 Å². The Kier molecular flexibility index (Phi) is 3.99. The van der Waals surface area contributed by atoms with Crippen LogP contribution < -0.4 is 5.56 Å². The molecule has 2 heterocycles. The fourth-order valence-electron chi connectivity index (χ4n) is 2.20. The molecule has 0 amide bonds. The Labute approximate surface area is 131 Å². The van der Waals surface area contributed by atoms with E-state index in [9.17, 15) is 4.79 Å². The zero-order chi connectivity index (χ0) is 14.8. The fraction of sp³-hybridized carbons (Fsp3) is 0.125. The summed E-state index contributed by atoms with van der Waals surface area (Å²) in [5.41, 5.74) is 1.98. The Morgan fingerprint density at radius 3 is 2.67 bits per heavy atom. The second-order valence-electron chi connectivity index (χ2n) is 4.52. The van der Waals surface area contributed by atoms with Crippen LogP contribution in [-0.4, -0.2) is 15.7 Å². The van der Waals surface area contributed by atoms with E-state index in [-0.39, 0.29) is 5.56 Å². The van der Waals surface area contributed by atoms with Gasteiger partial charge in [0.05, 0.1) is 16.1 Å². The van der Waals surface area contributed by atoms with Crippen molar-refractivity contribution in [3.63, 3.8) is 0 Å². The molecule has 0 saturated heterocycles. The summed E-state index contributed by atoms with van der Waals surface area (Å²) < 4.78 is 0. The topological polar surface area (TPSA) is 45.8 Å². The van der Waals surface area contributed by atoms with E-state index in [1.54, 1.807) is 30.1 Å². The number of halogens is 1. The highest BCUT2D eigenvalue weighted by Crippen LogP contribution is 2.27. The Bertz CT molecular complexity index is 843. The number of H-pyrrole nitrogens is 1. The Hall–Kier alpha value is -1.78. The van der Waals surface area contributed by atoms with Crippen molar-refractivity contribution >= 4 is 34.3 Å². The average molecular weight is 317 g/mol. The summed E-state index contributed by atoms with van der Waals surface area (Å²) in [5, 5.41) is 2.48. The van der Waals surface area contributed by atoms with Crippen molar-refractivity contribution in [2.24, 2.45) is 0 Å². The molecule has 3 rings (SSSR count). The quantitative estimate of drug-likeness (QED) is 0.730. The van der Waals surface area contributed by atoms with E-state index < -0.39 is 0 Å². The third-order valence-electron chi connectivity index (χ3n) is 3.15. The molecule has 0 aliphatic rings. The van der Waals surface area contributed by atoms with Crippen molar-refractivity contribution in [3.05, 3.63) is 58.0 Å². The summed E-state index contributed by atoms with van der Waals surface area (Å²) in [6, 6.07) is 11.2. The molecule has 0 atom stereocenters. The van der Waals surface area contributed by atoms with Gasteiger partial charge in [0.25, 0.3) is 5.56 Å². The van der Waals surface area contributed by atoms with Gasteiger partial charge >= 0.3 is 0 Å². The minimum Gasteiger partial charge on any atom is -0.328 e. The number of aromatic amines is 1. The van der Waals surface area contributed by atoms with Crippen LogP contribution in [0.2, 0.25) is 5.02 Å². The number of fused-ring (bicyclic) bond motifs is 1. The van der Waals surface area contributed by atoms with Crippen LogP contribution in [0.3, 0.4) is 0 Å².